The number of nitrogens with one attached hydrogen (secondary N) is 2. The topological polar surface area (TPSA) is 95.1 Å². The first-order valence-corrected chi connectivity index (χ1v) is 20.8. The molecule has 0 spiro atoms. The van der Waals surface area contributed by atoms with Crippen molar-refractivity contribution in [2.24, 2.45) is 5.92 Å². The van der Waals surface area contributed by atoms with E-state index in [0.717, 1.165) is 47.6 Å². The van der Waals surface area contributed by atoms with Gasteiger partial charge in [-0.3, -0.25) is 0 Å². The lowest BCUT2D eigenvalue weighted by Gasteiger charge is -2.37. The second-order valence-electron chi connectivity index (χ2n) is 15.8. The summed E-state index contributed by atoms with van der Waals surface area (Å²) in [7, 11) is -2.06. The molecule has 0 heterocycles. The molecule has 9 heteroatoms. The molecule has 0 radical (unpaired) electrons. The molecule has 3 rings (SSSR count). The fourth-order valence-corrected chi connectivity index (χ4v) is 6.63. The van der Waals surface area contributed by atoms with Gasteiger partial charge >= 0.3 is 12.2 Å². The summed E-state index contributed by atoms with van der Waals surface area (Å²) in [5, 5.41) is 6.01. The van der Waals surface area contributed by atoms with E-state index in [1.54, 1.807) is 0 Å². The van der Waals surface area contributed by atoms with E-state index in [0.29, 0.717) is 26.2 Å². The lowest BCUT2D eigenvalue weighted by molar-refractivity contribution is 0.0527. The molecule has 8 nitrogen and oxygen atoms in total. The van der Waals surface area contributed by atoms with E-state index in [-0.39, 0.29) is 17.7 Å². The Morgan fingerprint density at radius 3 is 2.29 bits per heavy atom. The van der Waals surface area contributed by atoms with Gasteiger partial charge in [-0.25, -0.2) is 9.59 Å². The second-order valence-corrected chi connectivity index (χ2v) is 20.6. The van der Waals surface area contributed by atoms with Gasteiger partial charge in [0.1, 0.15) is 18.0 Å². The van der Waals surface area contributed by atoms with Gasteiger partial charge in [0, 0.05) is 6.54 Å². The molecule has 48 heavy (non-hydrogen) atoms. The van der Waals surface area contributed by atoms with Gasteiger partial charge in [0.2, 0.25) is 0 Å². The van der Waals surface area contributed by atoms with Crippen molar-refractivity contribution in [3.05, 3.63) is 65.2 Å². The van der Waals surface area contributed by atoms with Crippen LogP contribution in [0.4, 0.5) is 9.59 Å². The number of carbonyl (C=O) groups excluding carboxylic acids is 2. The van der Waals surface area contributed by atoms with Crippen molar-refractivity contribution in [2.75, 3.05) is 19.8 Å². The molecule has 2 N–H and O–H groups in total. The molecule has 1 fully saturated rings. The number of benzene rings is 2. The molecule has 1 atom stereocenters. The summed E-state index contributed by atoms with van der Waals surface area (Å²) in [4.78, 5) is 25.2. The smallest absolute Gasteiger partial charge is 0.407 e. The van der Waals surface area contributed by atoms with Crippen molar-refractivity contribution in [3.8, 4) is 5.75 Å². The van der Waals surface area contributed by atoms with Crippen molar-refractivity contribution in [1.82, 2.24) is 10.6 Å². The highest BCUT2D eigenvalue weighted by Crippen LogP contribution is 2.36. The SMILES string of the molecule is CC(C)(C)OC(=O)NCCCc1cc(C[C@@H](CO[Si](C)(C)C(C)(C)C)NC(=O)OCc2ccccc2)ccc1OCCC1CCCCC1. The molecule has 0 unspecified atom stereocenters. The first kappa shape index (κ1) is 39.4. The third-order valence-electron chi connectivity index (χ3n) is 9.39. The average Bonchev–Trinajstić information content (AvgIpc) is 3.01. The van der Waals surface area contributed by atoms with Crippen LogP contribution in [0.25, 0.3) is 0 Å². The molecule has 0 saturated heterocycles. The van der Waals surface area contributed by atoms with Crippen molar-refractivity contribution in [2.45, 2.75) is 136 Å². The molecule has 2 aromatic carbocycles. The number of carbonyl (C=O) groups is 2. The second kappa shape index (κ2) is 18.6. The van der Waals surface area contributed by atoms with Crippen LogP contribution in [0, 0.1) is 5.92 Å². The van der Waals surface area contributed by atoms with Gasteiger partial charge in [-0.15, -0.1) is 0 Å². The Hall–Kier alpha value is -3.04. The molecule has 0 bridgehead atoms. The Labute approximate surface area is 291 Å². The Bertz CT molecular complexity index is 1270. The predicted octanol–water partition coefficient (Wildman–Crippen LogP) is 9.35. The van der Waals surface area contributed by atoms with E-state index in [9.17, 15) is 9.59 Å². The number of rotatable bonds is 16. The number of ether oxygens (including phenoxy) is 3. The molecular weight excluding hydrogens is 621 g/mol. The van der Waals surface area contributed by atoms with Crippen LogP contribution in [0.15, 0.2) is 48.5 Å². The number of aryl methyl sites for hydroxylation is 1. The van der Waals surface area contributed by atoms with Gasteiger partial charge in [0.05, 0.1) is 19.3 Å². The van der Waals surface area contributed by atoms with Crippen molar-refractivity contribution in [3.63, 3.8) is 0 Å². The summed E-state index contributed by atoms with van der Waals surface area (Å²) in [5.41, 5.74) is 2.58. The van der Waals surface area contributed by atoms with E-state index in [1.807, 2.05) is 51.1 Å². The van der Waals surface area contributed by atoms with E-state index < -0.39 is 26.1 Å². The molecule has 268 valence electrons. The molecule has 1 aliphatic rings. The Morgan fingerprint density at radius 2 is 1.62 bits per heavy atom. The van der Waals surface area contributed by atoms with Crippen molar-refractivity contribution in [1.29, 1.82) is 0 Å². The summed E-state index contributed by atoms with van der Waals surface area (Å²) in [6.45, 7) is 18.5. The zero-order valence-electron chi connectivity index (χ0n) is 30.9. The van der Waals surface area contributed by atoms with E-state index >= 15 is 0 Å². The van der Waals surface area contributed by atoms with Crippen LogP contribution in [-0.4, -0.2) is 51.9 Å². The van der Waals surface area contributed by atoms with Crippen molar-refractivity contribution < 1.29 is 28.2 Å². The predicted molar refractivity (Wildman–Crippen MR) is 196 cm³/mol. The minimum atomic E-state index is -2.06. The lowest BCUT2D eigenvalue weighted by atomic mass is 9.87. The fraction of sp³-hybridized carbons (Fsp3) is 0.641. The van der Waals surface area contributed by atoms with Gasteiger partial charge in [-0.1, -0.05) is 95.3 Å². The Morgan fingerprint density at radius 1 is 0.917 bits per heavy atom. The summed E-state index contributed by atoms with van der Waals surface area (Å²) in [6.07, 6.45) is 8.85. The zero-order chi connectivity index (χ0) is 35.2. The standard InChI is InChI=1S/C39H62N2O6Si/c1-38(2,3)47-36(42)40-24-15-20-33-26-32(21-22-35(33)44-25-23-30-16-11-9-12-17-30)27-34(29-46-48(7,8)39(4,5)6)41-37(43)45-28-31-18-13-10-14-19-31/h10,13-14,18-19,21-22,26,30,34H,9,11-12,15-17,20,23-25,27-29H2,1-8H3,(H,40,42)(H,41,43)/t34-/m0/s1. The normalized spacial score (nSPS) is 15.0. The monoisotopic (exact) mass is 682 g/mol. The first-order chi connectivity index (χ1) is 22.6. The maximum Gasteiger partial charge on any atom is 0.407 e. The molecule has 1 aliphatic carbocycles. The van der Waals surface area contributed by atoms with Crippen LogP contribution < -0.4 is 15.4 Å². The molecule has 0 aromatic heterocycles. The lowest BCUT2D eigenvalue weighted by Crippen LogP contribution is -2.47. The number of alkyl carbamates (subject to hydrolysis) is 2. The van der Waals surface area contributed by atoms with Gasteiger partial charge in [0.25, 0.3) is 0 Å². The summed E-state index contributed by atoms with van der Waals surface area (Å²) in [5.74, 6) is 1.63. The zero-order valence-corrected chi connectivity index (χ0v) is 31.9. The maximum absolute atomic E-state index is 13.0. The summed E-state index contributed by atoms with van der Waals surface area (Å²) < 4.78 is 24.0. The van der Waals surface area contributed by atoms with Gasteiger partial charge in [-0.2, -0.15) is 0 Å². The van der Waals surface area contributed by atoms with E-state index in [4.69, 9.17) is 18.6 Å². The highest BCUT2D eigenvalue weighted by atomic mass is 28.4. The van der Waals surface area contributed by atoms with E-state index in [1.165, 1.54) is 32.1 Å². The fourth-order valence-electron chi connectivity index (χ4n) is 5.58. The minimum absolute atomic E-state index is 0.0441. The van der Waals surface area contributed by atoms with Crippen LogP contribution >= 0.6 is 0 Å². The third-order valence-corrected chi connectivity index (χ3v) is 13.9. The van der Waals surface area contributed by atoms with E-state index in [2.05, 4.69) is 62.7 Å². The van der Waals surface area contributed by atoms with Gasteiger partial charge < -0.3 is 29.3 Å². The largest absolute Gasteiger partial charge is 0.493 e. The minimum Gasteiger partial charge on any atom is -0.493 e. The molecular formula is C39H62N2O6Si. The Kier molecular flexibility index (Phi) is 15.3. The average molecular weight is 683 g/mol. The van der Waals surface area contributed by atoms with Crippen molar-refractivity contribution >= 4 is 20.5 Å². The van der Waals surface area contributed by atoms with Crippen LogP contribution in [0.2, 0.25) is 18.1 Å². The van der Waals surface area contributed by atoms with Crippen LogP contribution in [0.3, 0.4) is 0 Å². The molecule has 2 amide bonds. The van der Waals surface area contributed by atoms with Gasteiger partial charge in [-0.05, 0) is 93.3 Å². The van der Waals surface area contributed by atoms with Crippen LogP contribution in [-0.2, 0) is 33.3 Å². The van der Waals surface area contributed by atoms with Gasteiger partial charge in [0.15, 0.2) is 8.32 Å². The molecule has 2 aromatic rings. The number of amides is 2. The quantitative estimate of drug-likeness (QED) is 0.135. The summed E-state index contributed by atoms with van der Waals surface area (Å²) >= 11 is 0. The maximum atomic E-state index is 13.0. The number of hydrogen-bond acceptors (Lipinski definition) is 6. The van der Waals surface area contributed by atoms with Crippen LogP contribution in [0.5, 0.6) is 5.75 Å². The molecule has 1 saturated carbocycles. The first-order valence-electron chi connectivity index (χ1n) is 17.9. The summed E-state index contributed by atoms with van der Waals surface area (Å²) in [6, 6.07) is 15.7. The third kappa shape index (κ3) is 14.6. The Balaban J connectivity index is 1.72. The number of hydrogen-bond donors (Lipinski definition) is 2. The highest BCUT2D eigenvalue weighted by molar-refractivity contribution is 6.74. The highest BCUT2D eigenvalue weighted by Gasteiger charge is 2.37. The molecule has 0 aliphatic heterocycles. The van der Waals surface area contributed by atoms with Crippen LogP contribution in [0.1, 0.15) is 103 Å².